The van der Waals surface area contributed by atoms with Crippen molar-refractivity contribution >= 4 is 56.8 Å². The Balaban J connectivity index is 1.38. The maximum Gasteiger partial charge on any atom is 0.410 e. The zero-order valence-corrected chi connectivity index (χ0v) is 33.8. The number of aldehydes is 1. The van der Waals surface area contributed by atoms with Crippen molar-refractivity contribution in [3.8, 4) is 16.9 Å². The van der Waals surface area contributed by atoms with Crippen molar-refractivity contribution in [3.63, 3.8) is 0 Å². The van der Waals surface area contributed by atoms with Gasteiger partial charge in [0, 0.05) is 82.2 Å². The van der Waals surface area contributed by atoms with Gasteiger partial charge in [0.15, 0.2) is 24.7 Å². The van der Waals surface area contributed by atoms with E-state index in [1.54, 1.807) is 36.0 Å². The third kappa shape index (κ3) is 6.71. The van der Waals surface area contributed by atoms with Gasteiger partial charge in [-0.15, -0.1) is 0 Å². The number of anilines is 1. The Morgan fingerprint density at radius 3 is 2.44 bits per heavy atom. The Morgan fingerprint density at radius 1 is 1.00 bits per heavy atom. The van der Waals surface area contributed by atoms with Gasteiger partial charge >= 0.3 is 6.09 Å². The molecule has 2 amide bonds. The van der Waals surface area contributed by atoms with E-state index >= 15 is 4.39 Å². The van der Waals surface area contributed by atoms with Crippen LogP contribution in [0.15, 0.2) is 42.5 Å². The minimum absolute atomic E-state index is 0.00777. The lowest BCUT2D eigenvalue weighted by molar-refractivity contribution is -0.128. The maximum absolute atomic E-state index is 17.8. The number of amides is 2. The van der Waals surface area contributed by atoms with E-state index in [9.17, 15) is 14.4 Å². The molecular formula is C43H50FN7O6. The van der Waals surface area contributed by atoms with Crippen molar-refractivity contribution < 1.29 is 33.0 Å². The molecule has 0 spiro atoms. The number of carbonyl (C=O) groups is 3. The molecule has 0 radical (unpaired) electrons. The maximum atomic E-state index is 17.8. The number of halogens is 1. The zero-order chi connectivity index (χ0) is 40.5. The first-order valence-corrected chi connectivity index (χ1v) is 19.5. The van der Waals surface area contributed by atoms with E-state index in [0.717, 1.165) is 17.2 Å². The lowest BCUT2D eigenvalue weighted by atomic mass is 9.79. The lowest BCUT2D eigenvalue weighted by Crippen LogP contribution is -2.57. The molecule has 1 aliphatic carbocycles. The largest absolute Gasteiger partial charge is 0.468 e. The smallest absolute Gasteiger partial charge is 0.410 e. The van der Waals surface area contributed by atoms with Gasteiger partial charge in [0.25, 0.3) is 0 Å². The monoisotopic (exact) mass is 779 g/mol. The van der Waals surface area contributed by atoms with Gasteiger partial charge < -0.3 is 38.4 Å². The van der Waals surface area contributed by atoms with E-state index in [4.69, 9.17) is 24.2 Å². The van der Waals surface area contributed by atoms with Crippen LogP contribution in [-0.4, -0.2) is 127 Å². The predicted molar refractivity (Wildman–Crippen MR) is 216 cm³/mol. The first-order chi connectivity index (χ1) is 27.2. The molecule has 0 N–H and O–H groups in total. The Labute approximate surface area is 331 Å². The van der Waals surface area contributed by atoms with Crippen LogP contribution < -0.4 is 9.64 Å². The van der Waals surface area contributed by atoms with Crippen molar-refractivity contribution in [2.45, 2.75) is 63.8 Å². The van der Waals surface area contributed by atoms with Crippen molar-refractivity contribution in [1.82, 2.24) is 29.2 Å². The summed E-state index contributed by atoms with van der Waals surface area (Å²) in [5.74, 6) is 1.04. The van der Waals surface area contributed by atoms with E-state index < -0.39 is 11.4 Å². The second-order valence-electron chi connectivity index (χ2n) is 16.9. The number of pyridine rings is 1. The highest BCUT2D eigenvalue weighted by Crippen LogP contribution is 2.53. The van der Waals surface area contributed by atoms with E-state index in [2.05, 4.69) is 14.4 Å². The molecular weight excluding hydrogens is 730 g/mol. The number of fused-ring (bicyclic) bond motifs is 5. The zero-order valence-electron chi connectivity index (χ0n) is 33.8. The highest BCUT2D eigenvalue weighted by atomic mass is 19.1. The number of carbonyl (C=O) groups excluding carboxylic acids is 3. The first kappa shape index (κ1) is 38.5. The highest BCUT2D eigenvalue weighted by Gasteiger charge is 2.56. The summed E-state index contributed by atoms with van der Waals surface area (Å²) < 4.78 is 36.8. The van der Waals surface area contributed by atoms with Crippen LogP contribution in [0.5, 0.6) is 5.75 Å². The van der Waals surface area contributed by atoms with Crippen LogP contribution in [0.4, 0.5) is 15.0 Å². The van der Waals surface area contributed by atoms with E-state index in [1.807, 2.05) is 65.2 Å². The number of hydrogen-bond acceptors (Lipinski definition) is 10. The number of likely N-dealkylation sites (N-methyl/N-ethyl adjacent to an activating group) is 1. The molecule has 3 atom stereocenters. The fourth-order valence-electron chi connectivity index (χ4n) is 8.69. The van der Waals surface area contributed by atoms with Crippen LogP contribution >= 0.6 is 0 Å². The van der Waals surface area contributed by atoms with Crippen LogP contribution in [0.1, 0.15) is 55.8 Å². The minimum atomic E-state index is -0.668. The molecule has 4 fully saturated rings. The number of imidazole rings is 1. The number of methoxy groups -OCH3 is 1. The van der Waals surface area contributed by atoms with Gasteiger partial charge in [-0.1, -0.05) is 24.3 Å². The topological polar surface area (TPSA) is 123 Å². The summed E-state index contributed by atoms with van der Waals surface area (Å²) in [5.41, 5.74) is 1.40. The standard InChI is InChI=1S/C43H50FN7O6/c1-43(2,3)57-42(54)50-19-25-17-32(50)39(25)51-33(13-14-34(53)48(6)7)45-38-40(51)31-16-26(22-52)35(36(44)37(31)46-41(38)49-20-27(21-49)47(4)5)30-18-28(56-23-55-8)15-24-11-9-10-12-29(24)30/h9-12,15-16,18,22,25,27,32,39H,13-14,17,19-21,23H2,1-8H3. The number of aromatic nitrogens is 3. The van der Waals surface area contributed by atoms with Crippen LogP contribution in [0, 0.1) is 11.7 Å². The van der Waals surface area contributed by atoms with Gasteiger partial charge in [-0.3, -0.25) is 9.59 Å². The van der Waals surface area contributed by atoms with Gasteiger partial charge in [-0.25, -0.2) is 19.2 Å². The second-order valence-corrected chi connectivity index (χ2v) is 16.9. The number of benzene rings is 3. The Bertz CT molecular complexity index is 2420. The van der Waals surface area contributed by atoms with Crippen LogP contribution in [0.25, 0.3) is 43.8 Å². The molecule has 13 nitrogen and oxygen atoms in total. The SMILES string of the molecule is COCOc1cc(-c2c(C=O)cc3c(nc(N4CC(N(C)C)C4)c4nc(CCC(=O)N(C)C)n(C5C6CC5N(C(=O)OC(C)(C)C)C6)c43)c2F)c2ccccc2c1. The molecule has 57 heavy (non-hydrogen) atoms. The summed E-state index contributed by atoms with van der Waals surface area (Å²) in [7, 11) is 9.04. The number of hydrogen-bond donors (Lipinski definition) is 0. The number of ether oxygens (including phenoxy) is 3. The molecule has 1 saturated carbocycles. The molecule has 2 aromatic heterocycles. The van der Waals surface area contributed by atoms with Crippen molar-refractivity contribution in [2.24, 2.45) is 5.92 Å². The molecule has 5 aromatic rings. The molecule has 4 aliphatic rings. The van der Waals surface area contributed by atoms with E-state index in [1.165, 1.54) is 7.11 Å². The molecule has 14 heteroatoms. The fraction of sp³-hybridized carbons (Fsp3) is 0.465. The summed E-state index contributed by atoms with van der Waals surface area (Å²) in [4.78, 5) is 57.6. The number of aryl methyl sites for hydroxylation is 1. The van der Waals surface area contributed by atoms with Gasteiger partial charge in [0.1, 0.15) is 28.2 Å². The van der Waals surface area contributed by atoms with Crippen LogP contribution in [-0.2, 0) is 20.7 Å². The van der Waals surface area contributed by atoms with Gasteiger partial charge in [0.2, 0.25) is 5.91 Å². The molecule has 9 rings (SSSR count). The normalized spacial score (nSPS) is 19.4. The van der Waals surface area contributed by atoms with E-state index in [0.29, 0.717) is 71.7 Å². The van der Waals surface area contributed by atoms with Gasteiger partial charge in [-0.05, 0) is 75.8 Å². The fourth-order valence-corrected chi connectivity index (χ4v) is 8.69. The predicted octanol–water partition coefficient (Wildman–Crippen LogP) is 6.29. The third-order valence-electron chi connectivity index (χ3n) is 11.6. The Morgan fingerprint density at radius 2 is 1.75 bits per heavy atom. The quantitative estimate of drug-likeness (QED) is 0.112. The first-order valence-electron chi connectivity index (χ1n) is 19.5. The summed E-state index contributed by atoms with van der Waals surface area (Å²) in [6, 6.07) is 12.7. The van der Waals surface area contributed by atoms with Gasteiger partial charge in [-0.2, -0.15) is 0 Å². The second kappa shape index (κ2) is 14.6. The third-order valence-corrected chi connectivity index (χ3v) is 11.6. The lowest BCUT2D eigenvalue weighted by Gasteiger charge is -2.43. The summed E-state index contributed by atoms with van der Waals surface area (Å²) in [6.07, 6.45) is 1.60. The molecule has 3 unspecified atom stereocenters. The van der Waals surface area contributed by atoms with Crippen LogP contribution in [0.2, 0.25) is 0 Å². The summed E-state index contributed by atoms with van der Waals surface area (Å²) in [5, 5.41) is 1.99. The van der Waals surface area contributed by atoms with Gasteiger partial charge in [0.05, 0.1) is 17.6 Å². The summed E-state index contributed by atoms with van der Waals surface area (Å²) >= 11 is 0. The Hall–Kier alpha value is -5.34. The molecule has 2 bridgehead atoms. The Kier molecular flexibility index (Phi) is 9.84. The average molecular weight is 780 g/mol. The van der Waals surface area contributed by atoms with Crippen molar-refractivity contribution in [3.05, 3.63) is 59.7 Å². The molecule has 3 aliphatic heterocycles. The minimum Gasteiger partial charge on any atom is -0.468 e. The molecule has 3 saturated heterocycles. The molecule has 5 heterocycles. The van der Waals surface area contributed by atoms with Crippen molar-refractivity contribution in [1.29, 1.82) is 0 Å². The average Bonchev–Trinajstić information content (AvgIpc) is 3.85. The highest BCUT2D eigenvalue weighted by molar-refractivity contribution is 6.12. The molecule has 300 valence electrons. The van der Waals surface area contributed by atoms with E-state index in [-0.39, 0.29) is 65.9 Å². The number of rotatable bonds is 11. The summed E-state index contributed by atoms with van der Waals surface area (Å²) in [6.45, 7) is 7.36. The molecule has 3 aromatic carbocycles. The van der Waals surface area contributed by atoms with Crippen LogP contribution in [0.3, 0.4) is 0 Å². The van der Waals surface area contributed by atoms with Crippen molar-refractivity contribution in [2.75, 3.05) is 66.6 Å². The number of nitrogens with zero attached hydrogens (tertiary/aromatic N) is 7.